The molecule has 2 saturated heterocycles. The Morgan fingerprint density at radius 1 is 1.19 bits per heavy atom. The van der Waals surface area contributed by atoms with Crippen LogP contribution in [0.1, 0.15) is 29.0 Å². The van der Waals surface area contributed by atoms with Crippen LogP contribution in [0.5, 0.6) is 0 Å². The predicted molar refractivity (Wildman–Crippen MR) is 108 cm³/mol. The molecule has 2 aromatic heterocycles. The lowest BCUT2D eigenvalue weighted by atomic mass is 10.1. The van der Waals surface area contributed by atoms with Crippen LogP contribution in [0.25, 0.3) is 16.9 Å². The molecule has 1 N–H and O–H groups in total. The Morgan fingerprint density at radius 3 is 2.71 bits per heavy atom. The standard InChI is InChI=1S/C21H19ClF3N5O/c22-17-18(20(31)29-10-9-28-8-4-7-14(28)12-29)27-30-16(21(23,24)25)11-15(26-19(17)30)13-5-2-1-3-6-13/h1-3,5-6,11,14H,4,7-10,12H2/p+1/t14-/m1/s1. The lowest BCUT2D eigenvalue weighted by Gasteiger charge is -2.34. The third-order valence-electron chi connectivity index (χ3n) is 6.15. The molecule has 1 aromatic carbocycles. The van der Waals surface area contributed by atoms with Crippen LogP contribution in [-0.2, 0) is 6.18 Å². The summed E-state index contributed by atoms with van der Waals surface area (Å²) < 4.78 is 42.1. The lowest BCUT2D eigenvalue weighted by molar-refractivity contribution is -0.916. The largest absolute Gasteiger partial charge is 0.433 e. The summed E-state index contributed by atoms with van der Waals surface area (Å²) >= 11 is 6.40. The van der Waals surface area contributed by atoms with Crippen molar-refractivity contribution in [3.63, 3.8) is 0 Å². The van der Waals surface area contributed by atoms with E-state index >= 15 is 0 Å². The van der Waals surface area contributed by atoms with Gasteiger partial charge >= 0.3 is 6.18 Å². The number of halogens is 4. The summed E-state index contributed by atoms with van der Waals surface area (Å²) in [6.07, 6.45) is -2.53. The van der Waals surface area contributed by atoms with E-state index in [-0.39, 0.29) is 22.1 Å². The molecule has 0 bridgehead atoms. The van der Waals surface area contributed by atoms with E-state index in [1.54, 1.807) is 35.2 Å². The summed E-state index contributed by atoms with van der Waals surface area (Å²) in [7, 11) is 0. The SMILES string of the molecule is O=C(c1nn2c(C(F)(F)F)cc(-c3ccccc3)nc2c1Cl)N1CC[NH+]2CCC[C@@H]2C1. The maximum absolute atomic E-state index is 13.8. The first-order valence-electron chi connectivity index (χ1n) is 10.2. The number of benzene rings is 1. The third kappa shape index (κ3) is 3.55. The number of nitrogens with one attached hydrogen (secondary N) is 1. The second-order valence-corrected chi connectivity index (χ2v) is 8.41. The highest BCUT2D eigenvalue weighted by Gasteiger charge is 2.39. The molecule has 2 aliphatic heterocycles. The second-order valence-electron chi connectivity index (χ2n) is 8.04. The monoisotopic (exact) mass is 450 g/mol. The number of amides is 1. The first-order chi connectivity index (χ1) is 14.8. The number of hydrogen-bond donors (Lipinski definition) is 1. The number of fused-ring (bicyclic) bond motifs is 2. The van der Waals surface area contributed by atoms with Crippen LogP contribution < -0.4 is 4.90 Å². The van der Waals surface area contributed by atoms with Gasteiger partial charge < -0.3 is 9.80 Å². The maximum atomic E-state index is 13.8. The van der Waals surface area contributed by atoms with Gasteiger partial charge in [0.1, 0.15) is 11.1 Å². The Bertz CT molecular complexity index is 1150. The zero-order valence-corrected chi connectivity index (χ0v) is 17.2. The second kappa shape index (κ2) is 7.49. The molecule has 2 fully saturated rings. The van der Waals surface area contributed by atoms with Crippen LogP contribution in [0.3, 0.4) is 0 Å². The molecule has 0 radical (unpaired) electrons. The topological polar surface area (TPSA) is 54.9 Å². The van der Waals surface area contributed by atoms with Crippen molar-refractivity contribution in [1.29, 1.82) is 0 Å². The zero-order valence-electron chi connectivity index (χ0n) is 16.5. The first-order valence-corrected chi connectivity index (χ1v) is 10.6. The summed E-state index contributed by atoms with van der Waals surface area (Å²) in [5.41, 5.74) is -0.761. The summed E-state index contributed by atoms with van der Waals surface area (Å²) in [6, 6.07) is 9.82. The quantitative estimate of drug-likeness (QED) is 0.653. The molecule has 1 amide bonds. The van der Waals surface area contributed by atoms with Gasteiger partial charge in [0.05, 0.1) is 31.9 Å². The van der Waals surface area contributed by atoms with Gasteiger partial charge in [0.25, 0.3) is 5.91 Å². The van der Waals surface area contributed by atoms with Crippen LogP contribution in [0.2, 0.25) is 5.02 Å². The Kier molecular flexibility index (Phi) is 4.90. The molecule has 0 spiro atoms. The van der Waals surface area contributed by atoms with Crippen LogP contribution in [0, 0.1) is 0 Å². The highest BCUT2D eigenvalue weighted by molar-refractivity contribution is 6.36. The normalized spacial score (nSPS) is 21.5. The van der Waals surface area contributed by atoms with E-state index in [0.717, 1.165) is 32.0 Å². The fourth-order valence-electron chi connectivity index (χ4n) is 4.59. The van der Waals surface area contributed by atoms with Crippen LogP contribution in [0.4, 0.5) is 13.2 Å². The number of piperazine rings is 1. The van der Waals surface area contributed by atoms with Crippen molar-refractivity contribution in [3.05, 3.63) is 52.8 Å². The van der Waals surface area contributed by atoms with Gasteiger partial charge in [-0.2, -0.15) is 18.3 Å². The fraction of sp³-hybridized carbons (Fsp3) is 0.381. The highest BCUT2D eigenvalue weighted by atomic mass is 35.5. The Hall–Kier alpha value is -2.65. The summed E-state index contributed by atoms with van der Waals surface area (Å²) in [6.45, 7) is 3.02. The number of aromatic nitrogens is 3. The Morgan fingerprint density at radius 2 is 1.97 bits per heavy atom. The van der Waals surface area contributed by atoms with E-state index in [0.29, 0.717) is 29.2 Å². The molecular weight excluding hydrogens is 431 g/mol. The van der Waals surface area contributed by atoms with Crippen LogP contribution in [0.15, 0.2) is 36.4 Å². The summed E-state index contributed by atoms with van der Waals surface area (Å²) in [4.78, 5) is 20.6. The van der Waals surface area contributed by atoms with Gasteiger partial charge in [0.2, 0.25) is 0 Å². The Balaban J connectivity index is 1.59. The summed E-state index contributed by atoms with van der Waals surface area (Å²) in [5, 5.41) is 3.82. The average molecular weight is 451 g/mol. The predicted octanol–water partition coefficient (Wildman–Crippen LogP) is 2.57. The number of rotatable bonds is 2. The van der Waals surface area contributed by atoms with Gasteiger partial charge in [0, 0.05) is 18.4 Å². The molecule has 2 aliphatic rings. The molecule has 5 rings (SSSR count). The molecule has 2 atom stereocenters. The van der Waals surface area contributed by atoms with E-state index in [1.807, 2.05) is 0 Å². The maximum Gasteiger partial charge on any atom is 0.433 e. The lowest BCUT2D eigenvalue weighted by Crippen LogP contribution is -3.16. The zero-order chi connectivity index (χ0) is 21.8. The summed E-state index contributed by atoms with van der Waals surface area (Å²) in [5.74, 6) is -0.448. The van der Waals surface area contributed by atoms with E-state index in [2.05, 4.69) is 10.1 Å². The van der Waals surface area contributed by atoms with Gasteiger partial charge in [-0.05, 0) is 6.07 Å². The van der Waals surface area contributed by atoms with Gasteiger partial charge in [-0.1, -0.05) is 41.9 Å². The van der Waals surface area contributed by atoms with E-state index in [4.69, 9.17) is 11.6 Å². The molecule has 10 heteroatoms. The van der Waals surface area contributed by atoms with E-state index in [1.165, 1.54) is 4.90 Å². The molecule has 1 unspecified atom stereocenters. The third-order valence-corrected chi connectivity index (χ3v) is 6.50. The Labute approximate surface area is 181 Å². The van der Waals surface area contributed by atoms with Crippen molar-refractivity contribution in [2.24, 2.45) is 0 Å². The van der Waals surface area contributed by atoms with Crippen molar-refractivity contribution < 1.29 is 22.9 Å². The van der Waals surface area contributed by atoms with E-state index < -0.39 is 17.8 Å². The molecule has 6 nitrogen and oxygen atoms in total. The number of hydrogen-bond acceptors (Lipinski definition) is 3. The molecule has 3 aromatic rings. The van der Waals surface area contributed by atoms with Crippen LogP contribution >= 0.6 is 11.6 Å². The molecule has 31 heavy (non-hydrogen) atoms. The number of quaternary nitrogens is 1. The van der Waals surface area contributed by atoms with Gasteiger partial charge in [-0.3, -0.25) is 4.79 Å². The number of carbonyl (C=O) groups excluding carboxylic acids is 1. The van der Waals surface area contributed by atoms with Crippen molar-refractivity contribution in [2.45, 2.75) is 25.1 Å². The minimum Gasteiger partial charge on any atom is -0.330 e. The number of nitrogens with zero attached hydrogens (tertiary/aromatic N) is 4. The van der Waals surface area contributed by atoms with Crippen molar-refractivity contribution in [1.82, 2.24) is 19.5 Å². The van der Waals surface area contributed by atoms with Crippen molar-refractivity contribution in [2.75, 3.05) is 26.2 Å². The fourth-order valence-corrected chi connectivity index (χ4v) is 4.83. The number of carbonyl (C=O) groups is 1. The minimum absolute atomic E-state index is 0.115. The average Bonchev–Trinajstić information content (AvgIpc) is 3.36. The van der Waals surface area contributed by atoms with Gasteiger partial charge in [0.15, 0.2) is 17.0 Å². The molecule has 0 saturated carbocycles. The molecule has 162 valence electrons. The van der Waals surface area contributed by atoms with Gasteiger partial charge in [-0.15, -0.1) is 0 Å². The van der Waals surface area contributed by atoms with Gasteiger partial charge in [-0.25, -0.2) is 9.50 Å². The molecular formula is C21H20ClF3N5O+. The smallest absolute Gasteiger partial charge is 0.330 e. The molecule has 4 heterocycles. The minimum atomic E-state index is -4.70. The molecule has 0 aliphatic carbocycles. The number of alkyl halides is 3. The van der Waals surface area contributed by atoms with Crippen molar-refractivity contribution >= 4 is 23.2 Å². The van der Waals surface area contributed by atoms with Crippen molar-refractivity contribution in [3.8, 4) is 11.3 Å². The van der Waals surface area contributed by atoms with Crippen LogP contribution in [-0.4, -0.2) is 57.6 Å². The highest BCUT2D eigenvalue weighted by Crippen LogP contribution is 2.34. The first kappa shape index (κ1) is 20.3. The van der Waals surface area contributed by atoms with E-state index in [9.17, 15) is 18.0 Å².